The SMILES string of the molecule is CC1CCN(C(=O)c2ccccc2S)CC1. The standard InChI is InChI=1S/C13H17NOS/c1-10-6-8-14(9-7-10)13(15)11-4-2-3-5-12(11)16/h2-5,10,16H,6-9H2,1H3. The maximum atomic E-state index is 12.2. The van der Waals surface area contributed by atoms with E-state index in [2.05, 4.69) is 19.6 Å². The summed E-state index contributed by atoms with van der Waals surface area (Å²) in [6, 6.07) is 7.50. The normalized spacial score (nSPS) is 17.5. The molecule has 1 aliphatic heterocycles. The van der Waals surface area contributed by atoms with Crippen molar-refractivity contribution in [3.63, 3.8) is 0 Å². The van der Waals surface area contributed by atoms with Crippen LogP contribution in [0.2, 0.25) is 0 Å². The lowest BCUT2D eigenvalue weighted by Crippen LogP contribution is -2.38. The molecule has 0 unspecified atom stereocenters. The molecule has 1 aromatic rings. The van der Waals surface area contributed by atoms with Crippen molar-refractivity contribution in [1.29, 1.82) is 0 Å². The molecular weight excluding hydrogens is 218 g/mol. The fourth-order valence-electron chi connectivity index (χ4n) is 2.04. The van der Waals surface area contributed by atoms with E-state index in [1.54, 1.807) is 0 Å². The molecule has 1 aromatic carbocycles. The van der Waals surface area contributed by atoms with Gasteiger partial charge in [0.25, 0.3) is 5.91 Å². The van der Waals surface area contributed by atoms with E-state index in [1.165, 1.54) is 0 Å². The molecule has 0 aromatic heterocycles. The van der Waals surface area contributed by atoms with Crippen LogP contribution in [0.4, 0.5) is 0 Å². The Morgan fingerprint density at radius 3 is 2.56 bits per heavy atom. The van der Waals surface area contributed by atoms with E-state index in [9.17, 15) is 4.79 Å². The smallest absolute Gasteiger partial charge is 0.254 e. The highest BCUT2D eigenvalue weighted by atomic mass is 32.1. The van der Waals surface area contributed by atoms with E-state index >= 15 is 0 Å². The third kappa shape index (κ3) is 2.40. The van der Waals surface area contributed by atoms with Crippen molar-refractivity contribution in [1.82, 2.24) is 4.90 Å². The number of hydrogen-bond acceptors (Lipinski definition) is 2. The minimum atomic E-state index is 0.123. The van der Waals surface area contributed by atoms with E-state index < -0.39 is 0 Å². The molecule has 2 rings (SSSR count). The highest BCUT2D eigenvalue weighted by Gasteiger charge is 2.22. The van der Waals surface area contributed by atoms with Gasteiger partial charge in [0.2, 0.25) is 0 Å². The monoisotopic (exact) mass is 235 g/mol. The first-order valence-corrected chi connectivity index (χ1v) is 6.20. The minimum Gasteiger partial charge on any atom is -0.339 e. The summed E-state index contributed by atoms with van der Waals surface area (Å²) in [5.41, 5.74) is 0.723. The summed E-state index contributed by atoms with van der Waals surface area (Å²) >= 11 is 4.33. The number of benzene rings is 1. The van der Waals surface area contributed by atoms with Crippen molar-refractivity contribution in [3.05, 3.63) is 29.8 Å². The van der Waals surface area contributed by atoms with Crippen LogP contribution in [0.1, 0.15) is 30.1 Å². The van der Waals surface area contributed by atoms with Crippen LogP contribution in [-0.4, -0.2) is 23.9 Å². The Morgan fingerprint density at radius 2 is 1.94 bits per heavy atom. The van der Waals surface area contributed by atoms with Crippen molar-refractivity contribution in [2.24, 2.45) is 5.92 Å². The molecule has 0 aliphatic carbocycles. The summed E-state index contributed by atoms with van der Waals surface area (Å²) < 4.78 is 0. The molecule has 0 bridgehead atoms. The van der Waals surface area contributed by atoms with Crippen molar-refractivity contribution in [2.45, 2.75) is 24.7 Å². The predicted molar refractivity (Wildman–Crippen MR) is 68.0 cm³/mol. The number of amides is 1. The first kappa shape index (κ1) is 11.5. The minimum absolute atomic E-state index is 0.123. The number of hydrogen-bond donors (Lipinski definition) is 1. The van der Waals surface area contributed by atoms with Gasteiger partial charge in [0.05, 0.1) is 5.56 Å². The Labute approximate surface area is 102 Å². The van der Waals surface area contributed by atoms with Crippen LogP contribution in [0, 0.1) is 5.92 Å². The fourth-order valence-corrected chi connectivity index (χ4v) is 2.29. The van der Waals surface area contributed by atoms with Crippen LogP contribution in [0.15, 0.2) is 29.2 Å². The summed E-state index contributed by atoms with van der Waals surface area (Å²) in [5.74, 6) is 0.868. The number of likely N-dealkylation sites (tertiary alicyclic amines) is 1. The number of piperidine rings is 1. The van der Waals surface area contributed by atoms with Gasteiger partial charge in [0.15, 0.2) is 0 Å². The Hall–Kier alpha value is -0.960. The summed E-state index contributed by atoms with van der Waals surface area (Å²) in [7, 11) is 0. The fraction of sp³-hybridized carbons (Fsp3) is 0.462. The Kier molecular flexibility index (Phi) is 3.54. The van der Waals surface area contributed by atoms with E-state index in [0.717, 1.165) is 42.3 Å². The second kappa shape index (κ2) is 4.91. The number of thiol groups is 1. The average Bonchev–Trinajstić information content (AvgIpc) is 2.30. The van der Waals surface area contributed by atoms with Gasteiger partial charge in [-0.15, -0.1) is 12.6 Å². The Bertz CT molecular complexity index is 383. The van der Waals surface area contributed by atoms with Gasteiger partial charge in [-0.25, -0.2) is 0 Å². The van der Waals surface area contributed by atoms with Crippen molar-refractivity contribution in [2.75, 3.05) is 13.1 Å². The number of carbonyl (C=O) groups excluding carboxylic acids is 1. The lowest BCUT2D eigenvalue weighted by Gasteiger charge is -2.30. The molecule has 2 nitrogen and oxygen atoms in total. The second-order valence-electron chi connectivity index (χ2n) is 4.49. The van der Waals surface area contributed by atoms with Crippen LogP contribution in [0.5, 0.6) is 0 Å². The third-order valence-corrected chi connectivity index (χ3v) is 3.60. The quantitative estimate of drug-likeness (QED) is 0.742. The van der Waals surface area contributed by atoms with E-state index in [0.29, 0.717) is 0 Å². The molecule has 1 amide bonds. The molecule has 16 heavy (non-hydrogen) atoms. The highest BCUT2D eigenvalue weighted by Crippen LogP contribution is 2.20. The van der Waals surface area contributed by atoms with Crippen LogP contribution < -0.4 is 0 Å². The summed E-state index contributed by atoms with van der Waals surface area (Å²) in [6.07, 6.45) is 2.22. The van der Waals surface area contributed by atoms with Crippen molar-refractivity contribution < 1.29 is 4.79 Å². The molecule has 86 valence electrons. The molecular formula is C13H17NOS. The van der Waals surface area contributed by atoms with Gasteiger partial charge in [-0.05, 0) is 30.9 Å². The summed E-state index contributed by atoms with van der Waals surface area (Å²) in [5, 5.41) is 0. The number of rotatable bonds is 1. The number of nitrogens with zero attached hydrogens (tertiary/aromatic N) is 1. The summed E-state index contributed by atoms with van der Waals surface area (Å²) in [4.78, 5) is 14.9. The van der Waals surface area contributed by atoms with Gasteiger partial charge in [-0.3, -0.25) is 4.79 Å². The highest BCUT2D eigenvalue weighted by molar-refractivity contribution is 7.80. The lowest BCUT2D eigenvalue weighted by atomic mass is 9.98. The zero-order valence-electron chi connectivity index (χ0n) is 9.52. The zero-order valence-corrected chi connectivity index (χ0v) is 10.4. The molecule has 1 heterocycles. The molecule has 1 saturated heterocycles. The van der Waals surface area contributed by atoms with Gasteiger partial charge in [-0.1, -0.05) is 19.1 Å². The molecule has 0 saturated carbocycles. The van der Waals surface area contributed by atoms with E-state index in [1.807, 2.05) is 29.2 Å². The van der Waals surface area contributed by atoms with Crippen LogP contribution >= 0.6 is 12.6 Å². The molecule has 0 spiro atoms. The first-order chi connectivity index (χ1) is 7.68. The van der Waals surface area contributed by atoms with Crippen LogP contribution in [0.25, 0.3) is 0 Å². The number of carbonyl (C=O) groups is 1. The van der Waals surface area contributed by atoms with Gasteiger partial charge in [-0.2, -0.15) is 0 Å². The molecule has 0 atom stereocenters. The largest absolute Gasteiger partial charge is 0.339 e. The van der Waals surface area contributed by atoms with Gasteiger partial charge in [0, 0.05) is 18.0 Å². The van der Waals surface area contributed by atoms with Crippen LogP contribution in [-0.2, 0) is 0 Å². The Morgan fingerprint density at radius 1 is 1.31 bits per heavy atom. The van der Waals surface area contributed by atoms with Gasteiger partial charge >= 0.3 is 0 Å². The summed E-state index contributed by atoms with van der Waals surface area (Å²) in [6.45, 7) is 4.00. The molecule has 1 aliphatic rings. The maximum absolute atomic E-state index is 12.2. The van der Waals surface area contributed by atoms with Gasteiger partial charge < -0.3 is 4.90 Å². The van der Waals surface area contributed by atoms with Gasteiger partial charge in [0.1, 0.15) is 0 Å². The predicted octanol–water partition coefficient (Wildman–Crippen LogP) is 2.85. The molecule has 1 fully saturated rings. The average molecular weight is 235 g/mol. The molecule has 0 radical (unpaired) electrons. The van der Waals surface area contributed by atoms with E-state index in [-0.39, 0.29) is 5.91 Å². The van der Waals surface area contributed by atoms with Crippen molar-refractivity contribution >= 4 is 18.5 Å². The van der Waals surface area contributed by atoms with Crippen molar-refractivity contribution in [3.8, 4) is 0 Å². The topological polar surface area (TPSA) is 20.3 Å². The Balaban J connectivity index is 2.11. The van der Waals surface area contributed by atoms with E-state index in [4.69, 9.17) is 0 Å². The lowest BCUT2D eigenvalue weighted by molar-refractivity contribution is 0.0694. The van der Waals surface area contributed by atoms with Crippen LogP contribution in [0.3, 0.4) is 0 Å². The maximum Gasteiger partial charge on any atom is 0.254 e. The first-order valence-electron chi connectivity index (χ1n) is 5.75. The molecule has 0 N–H and O–H groups in total. The zero-order chi connectivity index (χ0) is 11.5. The third-order valence-electron chi connectivity index (χ3n) is 3.21. The molecule has 3 heteroatoms. The second-order valence-corrected chi connectivity index (χ2v) is 4.97.